The van der Waals surface area contributed by atoms with Crippen molar-refractivity contribution in [1.29, 1.82) is 0 Å². The highest BCUT2D eigenvalue weighted by molar-refractivity contribution is 5.93. The van der Waals surface area contributed by atoms with Gasteiger partial charge < -0.3 is 15.3 Å². The molecule has 0 saturated carbocycles. The molecular formula is C14H16N2O3. The number of rotatable bonds is 6. The highest BCUT2D eigenvalue weighted by Crippen LogP contribution is 2.11. The minimum absolute atomic E-state index is 0.122. The number of hydrogen-bond acceptors (Lipinski definition) is 2. The van der Waals surface area contributed by atoms with E-state index >= 15 is 0 Å². The summed E-state index contributed by atoms with van der Waals surface area (Å²) in [6.07, 6.45) is 3.22. The Balaban J connectivity index is 2.79. The number of nitrogens with zero attached hydrogens (tertiary/aromatic N) is 1. The van der Waals surface area contributed by atoms with Crippen LogP contribution in [0, 0.1) is 0 Å². The molecule has 0 aliphatic heterocycles. The molecule has 1 rings (SSSR count). The van der Waals surface area contributed by atoms with Crippen LogP contribution in [-0.2, 0) is 0 Å². The molecule has 0 saturated heterocycles. The zero-order valence-electron chi connectivity index (χ0n) is 10.5. The number of nitrogens with one attached hydrogen (secondary N) is 1. The van der Waals surface area contributed by atoms with Crippen molar-refractivity contribution in [3.63, 3.8) is 0 Å². The predicted octanol–water partition coefficient (Wildman–Crippen LogP) is 2.59. The molecule has 19 heavy (non-hydrogen) atoms. The lowest BCUT2D eigenvalue weighted by molar-refractivity contribution is 0.0697. The average Bonchev–Trinajstić information content (AvgIpc) is 2.38. The summed E-state index contributed by atoms with van der Waals surface area (Å²) in [5.74, 6) is -1.04. The average molecular weight is 260 g/mol. The van der Waals surface area contributed by atoms with Gasteiger partial charge in [-0.15, -0.1) is 13.2 Å². The fraction of sp³-hybridized carbons (Fsp3) is 0.143. The Morgan fingerprint density at radius 3 is 2.42 bits per heavy atom. The van der Waals surface area contributed by atoms with Gasteiger partial charge in [0.2, 0.25) is 0 Å². The maximum absolute atomic E-state index is 11.9. The lowest BCUT2D eigenvalue weighted by atomic mass is 10.2. The SMILES string of the molecule is C=CCN(CC=C)C(=O)Nc1cccc(C(=O)O)c1. The van der Waals surface area contributed by atoms with E-state index in [1.165, 1.54) is 17.0 Å². The molecule has 0 aliphatic carbocycles. The largest absolute Gasteiger partial charge is 0.478 e. The number of carboxylic acid groups (broad SMARTS) is 1. The number of aromatic carboxylic acids is 1. The van der Waals surface area contributed by atoms with E-state index in [1.807, 2.05) is 0 Å². The van der Waals surface area contributed by atoms with E-state index in [9.17, 15) is 9.59 Å². The molecule has 100 valence electrons. The van der Waals surface area contributed by atoms with Crippen molar-refractivity contribution < 1.29 is 14.7 Å². The standard InChI is InChI=1S/C14H16N2O3/c1-3-8-16(9-4-2)14(19)15-12-7-5-6-11(10-12)13(17)18/h3-7,10H,1-2,8-9H2,(H,15,19)(H,17,18). The third kappa shape index (κ3) is 4.31. The van der Waals surface area contributed by atoms with Crippen molar-refractivity contribution in [1.82, 2.24) is 4.90 Å². The van der Waals surface area contributed by atoms with Gasteiger partial charge in [0, 0.05) is 18.8 Å². The minimum Gasteiger partial charge on any atom is -0.478 e. The fourth-order valence-corrected chi connectivity index (χ4v) is 1.48. The highest BCUT2D eigenvalue weighted by atomic mass is 16.4. The Kier molecular flexibility index (Phi) is 5.35. The van der Waals surface area contributed by atoms with Crippen LogP contribution in [0.2, 0.25) is 0 Å². The number of carbonyl (C=O) groups excluding carboxylic acids is 1. The van der Waals surface area contributed by atoms with E-state index in [0.29, 0.717) is 18.8 Å². The topological polar surface area (TPSA) is 69.6 Å². The molecule has 2 N–H and O–H groups in total. The van der Waals surface area contributed by atoms with Crippen LogP contribution in [0.4, 0.5) is 10.5 Å². The van der Waals surface area contributed by atoms with Gasteiger partial charge in [0.15, 0.2) is 0 Å². The van der Waals surface area contributed by atoms with Crippen LogP contribution >= 0.6 is 0 Å². The first kappa shape index (κ1) is 14.5. The Morgan fingerprint density at radius 2 is 1.89 bits per heavy atom. The van der Waals surface area contributed by atoms with Crippen LogP contribution in [-0.4, -0.2) is 35.1 Å². The number of carboxylic acids is 1. The fourth-order valence-electron chi connectivity index (χ4n) is 1.48. The summed E-state index contributed by atoms with van der Waals surface area (Å²) in [7, 11) is 0. The molecule has 0 unspecified atom stereocenters. The van der Waals surface area contributed by atoms with Gasteiger partial charge >= 0.3 is 12.0 Å². The summed E-state index contributed by atoms with van der Waals surface area (Å²) in [5.41, 5.74) is 0.555. The second kappa shape index (κ2) is 7.00. The van der Waals surface area contributed by atoms with Crippen LogP contribution in [0.3, 0.4) is 0 Å². The van der Waals surface area contributed by atoms with Crippen LogP contribution in [0.25, 0.3) is 0 Å². The monoisotopic (exact) mass is 260 g/mol. The third-order valence-electron chi connectivity index (χ3n) is 2.35. The van der Waals surface area contributed by atoms with E-state index in [-0.39, 0.29) is 11.6 Å². The van der Waals surface area contributed by atoms with Crippen molar-refractivity contribution in [2.45, 2.75) is 0 Å². The number of carbonyl (C=O) groups is 2. The number of anilines is 1. The second-order valence-electron chi connectivity index (χ2n) is 3.80. The van der Waals surface area contributed by atoms with Gasteiger partial charge in [-0.05, 0) is 18.2 Å². The van der Waals surface area contributed by atoms with Crippen LogP contribution in [0.5, 0.6) is 0 Å². The molecular weight excluding hydrogens is 244 g/mol. The van der Waals surface area contributed by atoms with Crippen molar-refractivity contribution in [2.24, 2.45) is 0 Å². The summed E-state index contributed by atoms with van der Waals surface area (Å²) in [5, 5.41) is 11.5. The summed E-state index contributed by atoms with van der Waals surface area (Å²) < 4.78 is 0. The Hall–Kier alpha value is -2.56. The maximum atomic E-state index is 11.9. The lowest BCUT2D eigenvalue weighted by Crippen LogP contribution is -2.35. The molecule has 5 heteroatoms. The van der Waals surface area contributed by atoms with Gasteiger partial charge in [0.05, 0.1) is 5.56 Å². The summed E-state index contributed by atoms with van der Waals surface area (Å²) >= 11 is 0. The Bertz CT molecular complexity index is 487. The van der Waals surface area contributed by atoms with Crippen LogP contribution in [0.1, 0.15) is 10.4 Å². The van der Waals surface area contributed by atoms with Crippen LogP contribution < -0.4 is 5.32 Å². The highest BCUT2D eigenvalue weighted by Gasteiger charge is 2.11. The van der Waals surface area contributed by atoms with Crippen molar-refractivity contribution in [3.8, 4) is 0 Å². The maximum Gasteiger partial charge on any atom is 0.335 e. The molecule has 0 fully saturated rings. The number of urea groups is 1. The summed E-state index contributed by atoms with van der Waals surface area (Å²) in [4.78, 5) is 24.3. The first-order chi connectivity index (χ1) is 9.08. The van der Waals surface area contributed by atoms with Gasteiger partial charge in [0.1, 0.15) is 0 Å². The normalized spacial score (nSPS) is 9.47. The van der Waals surface area contributed by atoms with Crippen molar-refractivity contribution >= 4 is 17.7 Å². The third-order valence-corrected chi connectivity index (χ3v) is 2.35. The van der Waals surface area contributed by atoms with E-state index in [4.69, 9.17) is 5.11 Å². The zero-order valence-corrected chi connectivity index (χ0v) is 10.5. The molecule has 2 amide bonds. The Labute approximate surface area is 111 Å². The van der Waals surface area contributed by atoms with Crippen molar-refractivity contribution in [3.05, 3.63) is 55.1 Å². The molecule has 0 spiro atoms. The van der Waals surface area contributed by atoms with E-state index in [2.05, 4.69) is 18.5 Å². The zero-order chi connectivity index (χ0) is 14.3. The van der Waals surface area contributed by atoms with Gasteiger partial charge in [-0.3, -0.25) is 0 Å². The molecule has 1 aromatic rings. The van der Waals surface area contributed by atoms with Gasteiger partial charge in [0.25, 0.3) is 0 Å². The van der Waals surface area contributed by atoms with Gasteiger partial charge in [-0.1, -0.05) is 18.2 Å². The molecule has 5 nitrogen and oxygen atoms in total. The van der Waals surface area contributed by atoms with E-state index in [1.54, 1.807) is 24.3 Å². The van der Waals surface area contributed by atoms with Gasteiger partial charge in [-0.25, -0.2) is 9.59 Å². The predicted molar refractivity (Wildman–Crippen MR) is 74.4 cm³/mol. The van der Waals surface area contributed by atoms with E-state index in [0.717, 1.165) is 0 Å². The summed E-state index contributed by atoms with van der Waals surface area (Å²) in [6, 6.07) is 5.74. The first-order valence-electron chi connectivity index (χ1n) is 5.69. The lowest BCUT2D eigenvalue weighted by Gasteiger charge is -2.19. The molecule has 0 bridgehead atoms. The smallest absolute Gasteiger partial charge is 0.335 e. The Morgan fingerprint density at radius 1 is 1.26 bits per heavy atom. The molecule has 0 aromatic heterocycles. The minimum atomic E-state index is -1.04. The first-order valence-corrected chi connectivity index (χ1v) is 5.69. The molecule has 0 heterocycles. The van der Waals surface area contributed by atoms with Crippen molar-refractivity contribution in [2.75, 3.05) is 18.4 Å². The molecule has 0 radical (unpaired) electrons. The molecule has 0 aliphatic rings. The number of hydrogen-bond donors (Lipinski definition) is 2. The molecule has 0 atom stereocenters. The van der Waals surface area contributed by atoms with E-state index < -0.39 is 5.97 Å². The van der Waals surface area contributed by atoms with Gasteiger partial charge in [-0.2, -0.15) is 0 Å². The molecule has 1 aromatic carbocycles. The quantitative estimate of drug-likeness (QED) is 0.772. The van der Waals surface area contributed by atoms with Crippen LogP contribution in [0.15, 0.2) is 49.6 Å². The summed E-state index contributed by atoms with van der Waals surface area (Å²) in [6.45, 7) is 7.92. The number of benzene rings is 1. The second-order valence-corrected chi connectivity index (χ2v) is 3.80. The number of amides is 2.